The highest BCUT2D eigenvalue weighted by Gasteiger charge is 2.07. The van der Waals surface area contributed by atoms with E-state index in [0.29, 0.717) is 15.9 Å². The molecule has 2 aromatic rings. The minimum atomic E-state index is -0.299. The van der Waals surface area contributed by atoms with Crippen LogP contribution < -0.4 is 10.1 Å². The lowest BCUT2D eigenvalue weighted by Crippen LogP contribution is -2.06. The second-order valence-electron chi connectivity index (χ2n) is 4.51. The van der Waals surface area contributed by atoms with Crippen molar-refractivity contribution >= 4 is 21.6 Å². The zero-order chi connectivity index (χ0) is 15.2. The summed E-state index contributed by atoms with van der Waals surface area (Å²) in [4.78, 5) is 0. The number of hydrogen-bond donors (Lipinski definition) is 1. The fourth-order valence-corrected chi connectivity index (χ4v) is 2.13. The average molecular weight is 349 g/mol. The van der Waals surface area contributed by atoms with Gasteiger partial charge in [-0.25, -0.2) is 4.39 Å². The van der Waals surface area contributed by atoms with Crippen LogP contribution in [0.5, 0.6) is 5.75 Å². The first-order chi connectivity index (χ1) is 10.1. The van der Waals surface area contributed by atoms with E-state index in [1.807, 2.05) is 43.3 Å². The Morgan fingerprint density at radius 3 is 2.62 bits per heavy atom. The van der Waals surface area contributed by atoms with E-state index >= 15 is 0 Å². The minimum absolute atomic E-state index is 0.0237. The Morgan fingerprint density at radius 1 is 1.29 bits per heavy atom. The molecule has 2 aromatic carbocycles. The predicted molar refractivity (Wildman–Crippen MR) is 83.7 cm³/mol. The molecule has 0 heterocycles. The Hall–Kier alpha value is -2.06. The summed E-state index contributed by atoms with van der Waals surface area (Å²) in [6.45, 7) is 2.02. The molecule has 0 bridgehead atoms. The van der Waals surface area contributed by atoms with Crippen molar-refractivity contribution in [2.24, 2.45) is 0 Å². The van der Waals surface area contributed by atoms with Gasteiger partial charge in [0.25, 0.3) is 0 Å². The van der Waals surface area contributed by atoms with E-state index in [-0.39, 0.29) is 18.5 Å². The molecule has 0 radical (unpaired) electrons. The molecule has 5 heteroatoms. The largest absolute Gasteiger partial charge is 0.479 e. The first-order valence-electron chi connectivity index (χ1n) is 6.41. The van der Waals surface area contributed by atoms with Gasteiger partial charge >= 0.3 is 0 Å². The smallest absolute Gasteiger partial charge is 0.174 e. The Kier molecular flexibility index (Phi) is 5.18. The Balaban J connectivity index is 2.04. The Morgan fingerprint density at radius 2 is 2.00 bits per heavy atom. The van der Waals surface area contributed by atoms with E-state index in [1.54, 1.807) is 6.07 Å². The molecule has 3 nitrogen and oxygen atoms in total. The van der Waals surface area contributed by atoms with Crippen molar-refractivity contribution in [3.63, 3.8) is 0 Å². The molecule has 0 aliphatic rings. The topological polar surface area (TPSA) is 45.0 Å². The molecule has 1 atom stereocenters. The van der Waals surface area contributed by atoms with Crippen molar-refractivity contribution in [2.45, 2.75) is 13.0 Å². The van der Waals surface area contributed by atoms with E-state index in [1.165, 1.54) is 6.07 Å². The number of benzene rings is 2. The molecule has 0 spiro atoms. The van der Waals surface area contributed by atoms with Crippen molar-refractivity contribution in [1.82, 2.24) is 0 Å². The van der Waals surface area contributed by atoms with Crippen molar-refractivity contribution in [3.05, 3.63) is 58.3 Å². The van der Waals surface area contributed by atoms with Gasteiger partial charge in [0.15, 0.2) is 6.61 Å². The van der Waals surface area contributed by atoms with Crippen LogP contribution in [0.15, 0.2) is 46.9 Å². The molecular weight excluding hydrogens is 335 g/mol. The molecule has 0 saturated heterocycles. The van der Waals surface area contributed by atoms with Crippen LogP contribution in [0.4, 0.5) is 10.1 Å². The van der Waals surface area contributed by atoms with Crippen LogP contribution in [0, 0.1) is 17.1 Å². The van der Waals surface area contributed by atoms with Gasteiger partial charge in [0.1, 0.15) is 17.6 Å². The zero-order valence-corrected chi connectivity index (χ0v) is 13.0. The normalized spacial score (nSPS) is 11.5. The highest BCUT2D eigenvalue weighted by Crippen LogP contribution is 2.24. The summed E-state index contributed by atoms with van der Waals surface area (Å²) in [5.74, 6) is 0.356. The summed E-state index contributed by atoms with van der Waals surface area (Å²) >= 11 is 3.13. The summed E-state index contributed by atoms with van der Waals surface area (Å²) in [7, 11) is 0. The molecule has 108 valence electrons. The van der Waals surface area contributed by atoms with Gasteiger partial charge in [-0.3, -0.25) is 0 Å². The second kappa shape index (κ2) is 7.09. The van der Waals surface area contributed by atoms with Crippen LogP contribution in [-0.2, 0) is 0 Å². The molecule has 0 aliphatic heterocycles. The lowest BCUT2D eigenvalue weighted by molar-refractivity contribution is 0.368. The summed E-state index contributed by atoms with van der Waals surface area (Å²) in [5, 5.41) is 11.7. The fraction of sp³-hybridized carbons (Fsp3) is 0.188. The summed E-state index contributed by atoms with van der Waals surface area (Å²) in [6, 6.07) is 14.3. The van der Waals surface area contributed by atoms with Gasteiger partial charge in [-0.15, -0.1) is 0 Å². The third-order valence-corrected chi connectivity index (χ3v) is 3.63. The van der Waals surface area contributed by atoms with Gasteiger partial charge in [-0.1, -0.05) is 12.1 Å². The molecule has 0 aromatic heterocycles. The van der Waals surface area contributed by atoms with E-state index in [0.717, 1.165) is 5.56 Å². The van der Waals surface area contributed by atoms with Crippen LogP contribution in [0.1, 0.15) is 18.5 Å². The van der Waals surface area contributed by atoms with Crippen LogP contribution in [-0.4, -0.2) is 6.61 Å². The number of rotatable bonds is 5. The highest BCUT2D eigenvalue weighted by molar-refractivity contribution is 9.10. The molecule has 2 rings (SSSR count). The molecule has 1 N–H and O–H groups in total. The molecule has 0 aliphatic carbocycles. The first-order valence-corrected chi connectivity index (χ1v) is 7.21. The number of nitriles is 1. The van der Waals surface area contributed by atoms with Gasteiger partial charge in [0.05, 0.1) is 4.47 Å². The van der Waals surface area contributed by atoms with E-state index in [2.05, 4.69) is 21.2 Å². The van der Waals surface area contributed by atoms with Crippen LogP contribution in [0.2, 0.25) is 0 Å². The highest BCUT2D eigenvalue weighted by atomic mass is 79.9. The number of halogens is 2. The monoisotopic (exact) mass is 348 g/mol. The van der Waals surface area contributed by atoms with E-state index in [4.69, 9.17) is 10.00 Å². The van der Waals surface area contributed by atoms with Crippen molar-refractivity contribution < 1.29 is 9.13 Å². The maximum Gasteiger partial charge on any atom is 0.174 e. The summed E-state index contributed by atoms with van der Waals surface area (Å²) in [5.41, 5.74) is 1.76. The van der Waals surface area contributed by atoms with E-state index < -0.39 is 0 Å². The zero-order valence-electron chi connectivity index (χ0n) is 11.4. The standard InChI is InChI=1S/C16H14BrFN2O/c1-11(20-13-4-7-15(17)16(18)10-13)12-2-5-14(6-3-12)21-9-8-19/h2-7,10-11,20H,9H2,1H3. The lowest BCUT2D eigenvalue weighted by Gasteiger charge is -2.16. The van der Waals surface area contributed by atoms with Gasteiger partial charge in [-0.2, -0.15) is 5.26 Å². The van der Waals surface area contributed by atoms with Crippen LogP contribution in [0.25, 0.3) is 0 Å². The molecule has 21 heavy (non-hydrogen) atoms. The van der Waals surface area contributed by atoms with Crippen molar-refractivity contribution in [3.8, 4) is 11.8 Å². The number of anilines is 1. The molecule has 0 amide bonds. The Bertz CT molecular complexity index is 652. The van der Waals surface area contributed by atoms with Crippen molar-refractivity contribution in [1.29, 1.82) is 5.26 Å². The van der Waals surface area contributed by atoms with Crippen molar-refractivity contribution in [2.75, 3.05) is 11.9 Å². The summed E-state index contributed by atoms with van der Waals surface area (Å²) in [6.07, 6.45) is 0. The van der Waals surface area contributed by atoms with Gasteiger partial charge in [-0.05, 0) is 58.7 Å². The molecule has 0 fully saturated rings. The van der Waals surface area contributed by atoms with Crippen LogP contribution >= 0.6 is 15.9 Å². The minimum Gasteiger partial charge on any atom is -0.479 e. The molecule has 0 saturated carbocycles. The van der Waals surface area contributed by atoms with Gasteiger partial charge in [0, 0.05) is 11.7 Å². The Labute approximate surface area is 131 Å². The third kappa shape index (κ3) is 4.20. The fourth-order valence-electron chi connectivity index (χ4n) is 1.89. The molecular formula is C16H14BrFN2O. The summed E-state index contributed by atoms with van der Waals surface area (Å²) < 4.78 is 19.1. The quantitative estimate of drug-likeness (QED) is 0.854. The van der Waals surface area contributed by atoms with E-state index in [9.17, 15) is 4.39 Å². The maximum atomic E-state index is 13.5. The maximum absolute atomic E-state index is 13.5. The molecule has 1 unspecified atom stereocenters. The number of nitrogens with zero attached hydrogens (tertiary/aromatic N) is 1. The predicted octanol–water partition coefficient (Wildman–Crippen LogP) is 4.66. The third-order valence-electron chi connectivity index (χ3n) is 2.99. The average Bonchev–Trinajstić information content (AvgIpc) is 2.49. The second-order valence-corrected chi connectivity index (χ2v) is 5.37. The number of hydrogen-bond acceptors (Lipinski definition) is 3. The van der Waals surface area contributed by atoms with Gasteiger partial charge in [0.2, 0.25) is 0 Å². The number of ether oxygens (including phenoxy) is 1. The van der Waals surface area contributed by atoms with Gasteiger partial charge < -0.3 is 10.1 Å². The number of nitrogens with one attached hydrogen (secondary N) is 1. The lowest BCUT2D eigenvalue weighted by atomic mass is 10.1. The first kappa shape index (κ1) is 15.3. The van der Waals surface area contributed by atoms with Crippen LogP contribution in [0.3, 0.4) is 0 Å². The SMILES string of the molecule is CC(Nc1ccc(Br)c(F)c1)c1ccc(OCC#N)cc1.